The molecule has 94 valence electrons. The van der Waals surface area contributed by atoms with Crippen LogP contribution in [0.1, 0.15) is 19.5 Å². The monoisotopic (exact) mass is 300 g/mol. The Hall–Kier alpha value is -0.940. The van der Waals surface area contributed by atoms with Crippen molar-refractivity contribution in [1.29, 1.82) is 0 Å². The molecule has 0 fully saturated rings. The van der Waals surface area contributed by atoms with Gasteiger partial charge in [0.1, 0.15) is 10.6 Å². The van der Waals surface area contributed by atoms with E-state index in [2.05, 4.69) is 26.2 Å². The molecule has 0 aliphatic heterocycles. The maximum absolute atomic E-state index is 11.5. The van der Waals surface area contributed by atoms with Gasteiger partial charge in [-0.1, -0.05) is 19.9 Å². The molecule has 1 aromatic heterocycles. The number of methoxy groups -OCH3 is 1. The number of esters is 1. The molecule has 1 N–H and O–H groups in total. The summed E-state index contributed by atoms with van der Waals surface area (Å²) in [6.45, 7) is 4.49. The Morgan fingerprint density at radius 2 is 2.24 bits per heavy atom. The van der Waals surface area contributed by atoms with Crippen LogP contribution in [0, 0.1) is 5.92 Å². The molecule has 0 spiro atoms. The van der Waals surface area contributed by atoms with E-state index < -0.39 is 0 Å². The molecule has 0 amide bonds. The van der Waals surface area contributed by atoms with Crippen LogP contribution in [-0.2, 0) is 16.1 Å². The maximum atomic E-state index is 11.5. The molecule has 0 saturated heterocycles. The molecule has 1 atom stereocenters. The normalized spacial score (nSPS) is 12.5. The lowest BCUT2D eigenvalue weighted by atomic mass is 10.0. The van der Waals surface area contributed by atoms with Crippen LogP contribution in [0.3, 0.4) is 0 Å². The molecule has 0 bridgehead atoms. The Morgan fingerprint density at radius 1 is 1.53 bits per heavy atom. The topological polar surface area (TPSA) is 51.2 Å². The number of carbonyl (C=O) groups is 1. The number of hydrogen-bond donors (Lipinski definition) is 1. The summed E-state index contributed by atoms with van der Waals surface area (Å²) in [5, 5.41) is 3.16. The Bertz CT molecular complexity index is 383. The third-order valence-electron chi connectivity index (χ3n) is 2.40. The number of rotatable bonds is 5. The summed E-state index contributed by atoms with van der Waals surface area (Å²) in [6, 6.07) is 5.38. The van der Waals surface area contributed by atoms with E-state index in [4.69, 9.17) is 4.74 Å². The average molecular weight is 301 g/mol. The SMILES string of the molecule is COC(=O)C(NCc1cccc(Br)n1)C(C)C. The predicted octanol–water partition coefficient (Wildman–Crippen LogP) is 2.13. The highest BCUT2D eigenvalue weighted by Crippen LogP contribution is 2.08. The van der Waals surface area contributed by atoms with Crippen molar-refractivity contribution in [1.82, 2.24) is 10.3 Å². The molecule has 0 radical (unpaired) electrons. The van der Waals surface area contributed by atoms with Crippen molar-refractivity contribution in [2.24, 2.45) is 5.92 Å². The van der Waals surface area contributed by atoms with Crippen LogP contribution in [0.4, 0.5) is 0 Å². The lowest BCUT2D eigenvalue weighted by Gasteiger charge is -2.19. The highest BCUT2D eigenvalue weighted by Gasteiger charge is 2.22. The van der Waals surface area contributed by atoms with Gasteiger partial charge in [-0.3, -0.25) is 10.1 Å². The number of carbonyl (C=O) groups excluding carboxylic acids is 1. The summed E-state index contributed by atoms with van der Waals surface area (Å²) in [7, 11) is 1.40. The van der Waals surface area contributed by atoms with Crippen molar-refractivity contribution < 1.29 is 9.53 Å². The molecule has 0 aliphatic carbocycles. The molecule has 0 aromatic carbocycles. The third-order valence-corrected chi connectivity index (χ3v) is 2.84. The lowest BCUT2D eigenvalue weighted by molar-refractivity contribution is -0.144. The van der Waals surface area contributed by atoms with Crippen LogP contribution in [-0.4, -0.2) is 24.1 Å². The first kappa shape index (κ1) is 14.1. The van der Waals surface area contributed by atoms with Gasteiger partial charge in [0.15, 0.2) is 0 Å². The first-order valence-corrected chi connectivity index (χ1v) is 6.26. The molecular weight excluding hydrogens is 284 g/mol. The van der Waals surface area contributed by atoms with Crippen LogP contribution < -0.4 is 5.32 Å². The van der Waals surface area contributed by atoms with Crippen molar-refractivity contribution in [2.75, 3.05) is 7.11 Å². The van der Waals surface area contributed by atoms with E-state index >= 15 is 0 Å². The average Bonchev–Trinajstić information content (AvgIpc) is 2.28. The van der Waals surface area contributed by atoms with E-state index in [0.29, 0.717) is 6.54 Å². The molecule has 1 heterocycles. The van der Waals surface area contributed by atoms with Gasteiger partial charge in [0.05, 0.1) is 12.8 Å². The summed E-state index contributed by atoms with van der Waals surface area (Å²) in [5.74, 6) is -0.0652. The molecule has 0 aliphatic rings. The van der Waals surface area contributed by atoms with E-state index in [1.165, 1.54) is 7.11 Å². The van der Waals surface area contributed by atoms with Crippen molar-refractivity contribution in [3.05, 3.63) is 28.5 Å². The molecule has 0 saturated carbocycles. The fourth-order valence-corrected chi connectivity index (χ4v) is 1.86. The zero-order valence-electron chi connectivity index (χ0n) is 10.2. The van der Waals surface area contributed by atoms with Gasteiger partial charge in [-0.2, -0.15) is 0 Å². The molecule has 4 nitrogen and oxygen atoms in total. The minimum Gasteiger partial charge on any atom is -0.468 e. The van der Waals surface area contributed by atoms with Gasteiger partial charge in [-0.15, -0.1) is 0 Å². The van der Waals surface area contributed by atoms with Crippen molar-refractivity contribution in [3.63, 3.8) is 0 Å². The number of nitrogens with zero attached hydrogens (tertiary/aromatic N) is 1. The Kier molecular flexibility index (Phi) is 5.58. The van der Waals surface area contributed by atoms with Crippen LogP contribution >= 0.6 is 15.9 Å². The van der Waals surface area contributed by atoms with Gasteiger partial charge in [-0.25, -0.2) is 4.98 Å². The maximum Gasteiger partial charge on any atom is 0.323 e. The molecule has 1 rings (SSSR count). The van der Waals surface area contributed by atoms with E-state index in [1.54, 1.807) is 0 Å². The minimum absolute atomic E-state index is 0.176. The van der Waals surface area contributed by atoms with Crippen molar-refractivity contribution in [3.8, 4) is 0 Å². The lowest BCUT2D eigenvalue weighted by Crippen LogP contribution is -2.41. The van der Waals surface area contributed by atoms with Gasteiger partial charge in [0.2, 0.25) is 0 Å². The largest absolute Gasteiger partial charge is 0.468 e. The first-order valence-electron chi connectivity index (χ1n) is 5.47. The quantitative estimate of drug-likeness (QED) is 0.668. The number of aromatic nitrogens is 1. The summed E-state index contributed by atoms with van der Waals surface area (Å²) >= 11 is 3.31. The number of halogens is 1. The van der Waals surface area contributed by atoms with Gasteiger partial charge < -0.3 is 4.74 Å². The Morgan fingerprint density at radius 3 is 2.76 bits per heavy atom. The molecule has 1 aromatic rings. The smallest absolute Gasteiger partial charge is 0.323 e. The van der Waals surface area contributed by atoms with Gasteiger partial charge >= 0.3 is 5.97 Å². The highest BCUT2D eigenvalue weighted by molar-refractivity contribution is 9.10. The van der Waals surface area contributed by atoms with E-state index in [0.717, 1.165) is 10.3 Å². The number of nitrogens with one attached hydrogen (secondary N) is 1. The Labute approximate surface area is 110 Å². The first-order chi connectivity index (χ1) is 8.04. The molecule has 1 unspecified atom stereocenters. The second kappa shape index (κ2) is 6.71. The summed E-state index contributed by atoms with van der Waals surface area (Å²) in [6.07, 6.45) is 0. The van der Waals surface area contributed by atoms with Crippen LogP contribution in [0.15, 0.2) is 22.8 Å². The fourth-order valence-electron chi connectivity index (χ4n) is 1.48. The second-order valence-electron chi connectivity index (χ2n) is 4.08. The standard InChI is InChI=1S/C12H17BrN2O2/c1-8(2)11(12(16)17-3)14-7-9-5-4-6-10(13)15-9/h4-6,8,11,14H,7H2,1-3H3. The Balaban J connectivity index is 2.61. The van der Waals surface area contributed by atoms with Gasteiger partial charge in [0, 0.05) is 6.54 Å². The second-order valence-corrected chi connectivity index (χ2v) is 4.89. The van der Waals surface area contributed by atoms with Crippen molar-refractivity contribution >= 4 is 21.9 Å². The summed E-state index contributed by atoms with van der Waals surface area (Å²) in [4.78, 5) is 15.8. The van der Waals surface area contributed by atoms with Crippen LogP contribution in [0.5, 0.6) is 0 Å². The van der Waals surface area contributed by atoms with Gasteiger partial charge in [-0.05, 0) is 34.0 Å². The number of hydrogen-bond acceptors (Lipinski definition) is 4. The predicted molar refractivity (Wildman–Crippen MR) is 69.4 cm³/mol. The summed E-state index contributed by atoms with van der Waals surface area (Å²) in [5.41, 5.74) is 0.883. The number of pyridine rings is 1. The zero-order valence-corrected chi connectivity index (χ0v) is 11.8. The molecule has 5 heteroatoms. The molecular formula is C12H17BrN2O2. The zero-order chi connectivity index (χ0) is 12.8. The van der Waals surface area contributed by atoms with E-state index in [-0.39, 0.29) is 17.9 Å². The van der Waals surface area contributed by atoms with Gasteiger partial charge in [0.25, 0.3) is 0 Å². The molecule has 17 heavy (non-hydrogen) atoms. The number of ether oxygens (including phenoxy) is 1. The third kappa shape index (κ3) is 4.44. The van der Waals surface area contributed by atoms with Crippen LogP contribution in [0.2, 0.25) is 0 Å². The van der Waals surface area contributed by atoms with E-state index in [1.807, 2.05) is 32.0 Å². The highest BCUT2D eigenvalue weighted by atomic mass is 79.9. The van der Waals surface area contributed by atoms with Crippen LogP contribution in [0.25, 0.3) is 0 Å². The minimum atomic E-state index is -0.305. The van der Waals surface area contributed by atoms with E-state index in [9.17, 15) is 4.79 Å². The summed E-state index contributed by atoms with van der Waals surface area (Å²) < 4.78 is 5.54. The van der Waals surface area contributed by atoms with Crippen molar-refractivity contribution in [2.45, 2.75) is 26.4 Å². The fraction of sp³-hybridized carbons (Fsp3) is 0.500.